The third-order valence-corrected chi connectivity index (χ3v) is 8.02. The second kappa shape index (κ2) is 18.5. The number of halogens is 4. The molecule has 0 unspecified atom stereocenters. The topological polar surface area (TPSA) is 177 Å². The van der Waals surface area contributed by atoms with Gasteiger partial charge in [0.25, 0.3) is 5.91 Å². The van der Waals surface area contributed by atoms with Gasteiger partial charge in [0.15, 0.2) is 11.8 Å². The zero-order valence-corrected chi connectivity index (χ0v) is 28.3. The first kappa shape index (κ1) is 40.7. The van der Waals surface area contributed by atoms with Crippen molar-refractivity contribution in [1.82, 2.24) is 26.2 Å². The lowest BCUT2D eigenvalue weighted by Crippen LogP contribution is -2.64. The third kappa shape index (κ3) is 12.6. The van der Waals surface area contributed by atoms with Gasteiger partial charge in [0, 0.05) is 20.2 Å². The summed E-state index contributed by atoms with van der Waals surface area (Å²) >= 11 is 0. The van der Waals surface area contributed by atoms with Crippen molar-refractivity contribution in [3.63, 3.8) is 0 Å². The molecular weight excluding hydrogens is 674 g/mol. The Labute approximate surface area is 287 Å². The fourth-order valence-corrected chi connectivity index (χ4v) is 5.13. The molecule has 3 rings (SSSR count). The van der Waals surface area contributed by atoms with Gasteiger partial charge in [-0.25, -0.2) is 0 Å². The number of nitrogens with zero attached hydrogens (tertiary/aromatic N) is 1. The minimum Gasteiger partial charge on any atom is -0.379 e. The number of ether oxygens (including phenoxy) is 4. The van der Waals surface area contributed by atoms with Gasteiger partial charge < -0.3 is 40.2 Å². The van der Waals surface area contributed by atoms with Gasteiger partial charge in [0.2, 0.25) is 17.7 Å². The molecule has 2 heterocycles. The fraction of sp³-hybridized carbons (Fsp3) is 0.656. The Morgan fingerprint density at radius 1 is 0.920 bits per heavy atom. The predicted octanol–water partition coefficient (Wildman–Crippen LogP) is 0.383. The molecule has 0 spiro atoms. The highest BCUT2D eigenvalue weighted by Gasteiger charge is 2.51. The molecule has 18 heteroatoms. The second-order valence-corrected chi connectivity index (χ2v) is 12.6. The number of ketones is 1. The molecule has 0 aliphatic carbocycles. The van der Waals surface area contributed by atoms with E-state index >= 15 is 8.78 Å². The van der Waals surface area contributed by atoms with Crippen LogP contribution in [0, 0.1) is 5.92 Å². The molecule has 4 N–H and O–H groups in total. The average Bonchev–Trinajstić information content (AvgIpc) is 3.82. The lowest BCUT2D eigenvalue weighted by Gasteiger charge is -2.30. The number of amides is 4. The first-order valence-electron chi connectivity index (χ1n) is 16.1. The number of rotatable bonds is 20. The SMILES string of the molecule is COC(F)(F)[C@@H](NC(=O)[C@H](CC(C)C)NC(=O)CN1CCOCC1)C(=O)N[C@@H](COC(F)F)C(=O)N[C@@H](Cc1ccccc1)C(=O)[C@@]1(C)CO1. The van der Waals surface area contributed by atoms with Crippen molar-refractivity contribution in [2.24, 2.45) is 5.92 Å². The molecule has 5 atom stereocenters. The lowest BCUT2D eigenvalue weighted by molar-refractivity contribution is -0.238. The smallest absolute Gasteiger partial charge is 0.379 e. The molecule has 0 aromatic heterocycles. The maximum absolute atomic E-state index is 15.1. The molecule has 0 saturated carbocycles. The Morgan fingerprint density at radius 2 is 1.52 bits per heavy atom. The molecule has 2 aliphatic rings. The monoisotopic (exact) mass is 719 g/mol. The maximum atomic E-state index is 15.1. The zero-order valence-electron chi connectivity index (χ0n) is 28.3. The van der Waals surface area contributed by atoms with Crippen molar-refractivity contribution in [3.05, 3.63) is 35.9 Å². The van der Waals surface area contributed by atoms with E-state index in [4.69, 9.17) is 9.47 Å². The van der Waals surface area contributed by atoms with Crippen molar-refractivity contribution in [2.75, 3.05) is 53.2 Å². The largest absolute Gasteiger partial charge is 0.384 e. The minimum absolute atomic E-state index is 0.000299. The molecule has 2 saturated heterocycles. The fourth-order valence-electron chi connectivity index (χ4n) is 5.13. The van der Waals surface area contributed by atoms with E-state index in [1.165, 1.54) is 6.92 Å². The number of epoxide rings is 1. The zero-order chi connectivity index (χ0) is 37.1. The van der Waals surface area contributed by atoms with Gasteiger partial charge in [-0.2, -0.15) is 17.6 Å². The van der Waals surface area contributed by atoms with Crippen LogP contribution in [0.3, 0.4) is 0 Å². The van der Waals surface area contributed by atoms with Gasteiger partial charge >= 0.3 is 12.7 Å². The molecule has 14 nitrogen and oxygen atoms in total. The summed E-state index contributed by atoms with van der Waals surface area (Å²) in [5.74, 6) is -5.40. The van der Waals surface area contributed by atoms with E-state index in [1.807, 2.05) is 10.6 Å². The second-order valence-electron chi connectivity index (χ2n) is 12.6. The van der Waals surface area contributed by atoms with Gasteiger partial charge in [0.1, 0.15) is 17.7 Å². The number of hydrogen-bond donors (Lipinski definition) is 4. The molecule has 1 aromatic rings. The average molecular weight is 720 g/mol. The molecule has 1 aromatic carbocycles. The van der Waals surface area contributed by atoms with E-state index in [2.05, 4.69) is 20.1 Å². The number of carbonyl (C=O) groups is 5. The summed E-state index contributed by atoms with van der Waals surface area (Å²) in [6.45, 7) is 2.06. The van der Waals surface area contributed by atoms with Crippen LogP contribution in [0.4, 0.5) is 17.6 Å². The molecule has 280 valence electrons. The number of Topliss-reactive ketones (excluding diaryl/α,β-unsaturated/α-hetero) is 1. The van der Waals surface area contributed by atoms with E-state index in [9.17, 15) is 32.8 Å². The van der Waals surface area contributed by atoms with Crippen LogP contribution in [0.2, 0.25) is 0 Å². The number of morpholine rings is 1. The van der Waals surface area contributed by atoms with Crippen molar-refractivity contribution < 1.29 is 60.5 Å². The predicted molar refractivity (Wildman–Crippen MR) is 168 cm³/mol. The molecule has 4 amide bonds. The van der Waals surface area contributed by atoms with Crippen LogP contribution in [0.15, 0.2) is 30.3 Å². The molecule has 0 bridgehead atoms. The maximum Gasteiger partial charge on any atom is 0.384 e. The van der Waals surface area contributed by atoms with Gasteiger partial charge in [0.05, 0.1) is 39.0 Å². The highest BCUT2D eigenvalue weighted by Crippen LogP contribution is 2.29. The Morgan fingerprint density at radius 3 is 2.08 bits per heavy atom. The van der Waals surface area contributed by atoms with Crippen LogP contribution in [-0.2, 0) is 49.3 Å². The van der Waals surface area contributed by atoms with Crippen LogP contribution < -0.4 is 21.3 Å². The summed E-state index contributed by atoms with van der Waals surface area (Å²) < 4.78 is 75.2. The molecule has 0 radical (unpaired) electrons. The van der Waals surface area contributed by atoms with E-state index in [-0.39, 0.29) is 31.9 Å². The van der Waals surface area contributed by atoms with E-state index < -0.39 is 78.5 Å². The van der Waals surface area contributed by atoms with E-state index in [0.717, 1.165) is 0 Å². The molecule has 2 aliphatic heterocycles. The van der Waals surface area contributed by atoms with Crippen molar-refractivity contribution in [1.29, 1.82) is 0 Å². The molecule has 50 heavy (non-hydrogen) atoms. The standard InChI is InChI=1S/C32H45F4N5O9/c1-19(2)14-22(37-24(42)16-41-10-12-48-13-11-41)27(44)40-25(32(35,36)47-4)29(46)39-23(17-49-30(33)34)28(45)38-21(26(43)31(3)18-50-31)15-20-8-6-5-7-9-20/h5-9,19,21-23,25,30H,10-18H2,1-4H3,(H,37,42)(H,38,45)(H,39,46)(H,40,44)/t21-,22-,23-,25-,31+/m0/s1. The number of benzene rings is 1. The van der Waals surface area contributed by atoms with Gasteiger partial charge in [-0.05, 0) is 31.2 Å². The van der Waals surface area contributed by atoms with Gasteiger partial charge in [-0.1, -0.05) is 44.2 Å². The first-order chi connectivity index (χ1) is 23.5. The number of nitrogens with one attached hydrogen (secondary N) is 4. The summed E-state index contributed by atoms with van der Waals surface area (Å²) in [6, 6.07) is 1.01. The minimum atomic E-state index is -4.38. The number of carbonyl (C=O) groups excluding carboxylic acids is 5. The van der Waals surface area contributed by atoms with Crippen LogP contribution in [0.25, 0.3) is 0 Å². The highest BCUT2D eigenvalue weighted by atomic mass is 19.3. The Balaban J connectivity index is 1.80. The van der Waals surface area contributed by atoms with Crippen LogP contribution in [-0.4, -0.2) is 130 Å². The van der Waals surface area contributed by atoms with E-state index in [0.29, 0.717) is 39.0 Å². The summed E-state index contributed by atoms with van der Waals surface area (Å²) in [5.41, 5.74) is -0.597. The van der Waals surface area contributed by atoms with Crippen molar-refractivity contribution in [2.45, 2.75) is 76.1 Å². The number of hydrogen-bond acceptors (Lipinski definition) is 10. The quantitative estimate of drug-likeness (QED) is 0.109. The lowest BCUT2D eigenvalue weighted by atomic mass is 9.94. The van der Waals surface area contributed by atoms with Crippen molar-refractivity contribution >= 4 is 29.4 Å². The normalized spacial score (nSPS) is 20.4. The highest BCUT2D eigenvalue weighted by molar-refractivity contribution is 5.99. The first-order valence-corrected chi connectivity index (χ1v) is 16.1. The summed E-state index contributed by atoms with van der Waals surface area (Å²) in [4.78, 5) is 67.9. The van der Waals surface area contributed by atoms with Gasteiger partial charge in [-0.15, -0.1) is 0 Å². The van der Waals surface area contributed by atoms with Crippen molar-refractivity contribution in [3.8, 4) is 0 Å². The molecular formula is C32H45F4N5O9. The Kier molecular flexibility index (Phi) is 15.1. The van der Waals surface area contributed by atoms with Gasteiger partial charge in [-0.3, -0.25) is 28.9 Å². The third-order valence-electron chi connectivity index (χ3n) is 8.02. The number of methoxy groups -OCH3 is 1. The summed E-state index contributed by atoms with van der Waals surface area (Å²) in [5, 5.41) is 8.71. The number of alkyl halides is 4. The van der Waals surface area contributed by atoms with Crippen LogP contribution >= 0.6 is 0 Å². The van der Waals surface area contributed by atoms with Crippen LogP contribution in [0.1, 0.15) is 32.8 Å². The van der Waals surface area contributed by atoms with Crippen LogP contribution in [0.5, 0.6) is 0 Å². The summed E-state index contributed by atoms with van der Waals surface area (Å²) in [7, 11) is 0.562. The molecule has 2 fully saturated rings. The Hall–Kier alpha value is -3.71. The summed E-state index contributed by atoms with van der Waals surface area (Å²) in [6.07, 6.45) is -4.43. The van der Waals surface area contributed by atoms with E-state index in [1.54, 1.807) is 49.1 Å². The Bertz CT molecular complexity index is 1310.